The van der Waals surface area contributed by atoms with Crippen LogP contribution in [0.5, 0.6) is 0 Å². The van der Waals surface area contributed by atoms with Gasteiger partial charge in [-0.2, -0.15) is 0 Å². The van der Waals surface area contributed by atoms with E-state index in [0.29, 0.717) is 10.0 Å². The SMILES string of the molecule is NC(=O)c1cnc(NC(=O)C2CC2c2ccc(F)cc2)s1. The molecule has 0 radical (unpaired) electrons. The van der Waals surface area contributed by atoms with Gasteiger partial charge in [0.2, 0.25) is 5.91 Å². The number of primary amides is 1. The highest BCUT2D eigenvalue weighted by atomic mass is 32.1. The van der Waals surface area contributed by atoms with Crippen molar-refractivity contribution < 1.29 is 14.0 Å². The lowest BCUT2D eigenvalue weighted by Gasteiger charge is -2.01. The first kappa shape index (κ1) is 13.7. The van der Waals surface area contributed by atoms with E-state index < -0.39 is 5.91 Å². The van der Waals surface area contributed by atoms with Crippen molar-refractivity contribution in [2.45, 2.75) is 12.3 Å². The normalized spacial score (nSPS) is 20.0. The van der Waals surface area contributed by atoms with Gasteiger partial charge in [-0.15, -0.1) is 0 Å². The maximum Gasteiger partial charge on any atom is 0.260 e. The molecular weight excluding hydrogens is 293 g/mol. The van der Waals surface area contributed by atoms with Gasteiger partial charge in [-0.1, -0.05) is 23.5 Å². The minimum atomic E-state index is -0.566. The topological polar surface area (TPSA) is 85.1 Å². The molecule has 1 heterocycles. The minimum absolute atomic E-state index is 0.112. The van der Waals surface area contributed by atoms with E-state index >= 15 is 0 Å². The van der Waals surface area contributed by atoms with Crippen LogP contribution in [0.4, 0.5) is 9.52 Å². The summed E-state index contributed by atoms with van der Waals surface area (Å²) in [6.45, 7) is 0. The Hall–Kier alpha value is -2.28. The molecule has 2 amide bonds. The van der Waals surface area contributed by atoms with Crippen LogP contribution in [0.3, 0.4) is 0 Å². The van der Waals surface area contributed by atoms with Crippen LogP contribution in [0.1, 0.15) is 27.6 Å². The number of hydrogen-bond acceptors (Lipinski definition) is 4. The zero-order chi connectivity index (χ0) is 15.0. The highest BCUT2D eigenvalue weighted by Crippen LogP contribution is 2.48. The van der Waals surface area contributed by atoms with E-state index in [-0.39, 0.29) is 23.6 Å². The number of benzene rings is 1. The summed E-state index contributed by atoms with van der Waals surface area (Å²) in [4.78, 5) is 27.3. The Balaban J connectivity index is 1.62. The lowest BCUT2D eigenvalue weighted by molar-refractivity contribution is -0.117. The molecule has 2 atom stereocenters. The van der Waals surface area contributed by atoms with Gasteiger partial charge in [-0.25, -0.2) is 9.37 Å². The fraction of sp³-hybridized carbons (Fsp3) is 0.214. The maximum absolute atomic E-state index is 12.9. The first-order chi connectivity index (χ1) is 10.0. The standard InChI is InChI=1S/C14H12FN3O2S/c15-8-3-1-7(2-4-8)9-5-10(9)13(20)18-14-17-6-11(21-14)12(16)19/h1-4,6,9-10H,5H2,(H2,16,19)(H,17,18,20). The molecule has 0 bridgehead atoms. The average Bonchev–Trinajstić information content (AvgIpc) is 3.11. The van der Waals surface area contributed by atoms with Crippen molar-refractivity contribution in [1.82, 2.24) is 4.98 Å². The molecule has 108 valence electrons. The van der Waals surface area contributed by atoms with E-state index in [0.717, 1.165) is 23.3 Å². The molecule has 1 saturated carbocycles. The van der Waals surface area contributed by atoms with E-state index in [1.165, 1.54) is 18.3 Å². The summed E-state index contributed by atoms with van der Waals surface area (Å²) < 4.78 is 12.9. The van der Waals surface area contributed by atoms with Crippen LogP contribution in [0, 0.1) is 11.7 Å². The molecule has 7 heteroatoms. The van der Waals surface area contributed by atoms with Crippen LogP contribution < -0.4 is 11.1 Å². The number of aromatic nitrogens is 1. The number of anilines is 1. The molecule has 1 aromatic carbocycles. The van der Waals surface area contributed by atoms with Crippen molar-refractivity contribution >= 4 is 28.3 Å². The summed E-state index contributed by atoms with van der Waals surface area (Å²) in [7, 11) is 0. The Morgan fingerprint density at radius 3 is 2.67 bits per heavy atom. The molecule has 1 fully saturated rings. The fourth-order valence-corrected chi connectivity index (χ4v) is 2.88. The van der Waals surface area contributed by atoms with Crippen LogP contribution >= 0.6 is 11.3 Å². The van der Waals surface area contributed by atoms with Crippen molar-refractivity contribution in [3.05, 3.63) is 46.7 Å². The van der Waals surface area contributed by atoms with Crippen molar-refractivity contribution in [2.75, 3.05) is 5.32 Å². The fourth-order valence-electron chi connectivity index (χ4n) is 2.21. The van der Waals surface area contributed by atoms with Crippen LogP contribution in [0.15, 0.2) is 30.5 Å². The average molecular weight is 305 g/mol. The molecule has 0 aliphatic heterocycles. The lowest BCUT2D eigenvalue weighted by Crippen LogP contribution is -2.14. The molecule has 5 nitrogen and oxygen atoms in total. The smallest absolute Gasteiger partial charge is 0.260 e. The van der Waals surface area contributed by atoms with Gasteiger partial charge in [-0.05, 0) is 30.0 Å². The summed E-state index contributed by atoms with van der Waals surface area (Å²) in [5, 5.41) is 3.04. The Morgan fingerprint density at radius 2 is 2.05 bits per heavy atom. The summed E-state index contributed by atoms with van der Waals surface area (Å²) >= 11 is 1.05. The summed E-state index contributed by atoms with van der Waals surface area (Å²) in [6.07, 6.45) is 2.07. The van der Waals surface area contributed by atoms with Gasteiger partial charge in [0.25, 0.3) is 5.91 Å². The number of nitrogens with two attached hydrogens (primary N) is 1. The first-order valence-corrected chi connectivity index (χ1v) is 7.18. The maximum atomic E-state index is 12.9. The second kappa shape index (κ2) is 5.25. The number of carbonyl (C=O) groups excluding carboxylic acids is 2. The van der Waals surface area contributed by atoms with Gasteiger partial charge in [0.05, 0.1) is 6.20 Å². The van der Waals surface area contributed by atoms with Gasteiger partial charge in [0.1, 0.15) is 10.7 Å². The van der Waals surface area contributed by atoms with E-state index in [1.807, 2.05) is 0 Å². The molecule has 1 aromatic heterocycles. The van der Waals surface area contributed by atoms with Crippen molar-refractivity contribution in [3.63, 3.8) is 0 Å². The lowest BCUT2D eigenvalue weighted by atomic mass is 10.1. The third-order valence-corrected chi connectivity index (χ3v) is 4.33. The second-order valence-electron chi connectivity index (χ2n) is 4.88. The first-order valence-electron chi connectivity index (χ1n) is 6.36. The Bertz CT molecular complexity index is 698. The zero-order valence-corrected chi connectivity index (χ0v) is 11.7. The van der Waals surface area contributed by atoms with Gasteiger partial charge in [0, 0.05) is 5.92 Å². The summed E-state index contributed by atoms with van der Waals surface area (Å²) in [5.41, 5.74) is 6.08. The van der Waals surface area contributed by atoms with Crippen molar-refractivity contribution in [2.24, 2.45) is 11.7 Å². The molecular formula is C14H12FN3O2S. The number of rotatable bonds is 4. The molecule has 3 rings (SSSR count). The Kier molecular flexibility index (Phi) is 3.42. The summed E-state index contributed by atoms with van der Waals surface area (Å²) in [6, 6.07) is 6.18. The number of carbonyl (C=O) groups is 2. The largest absolute Gasteiger partial charge is 0.365 e. The van der Waals surface area contributed by atoms with E-state index in [4.69, 9.17) is 5.73 Å². The number of nitrogens with zero attached hydrogens (tertiary/aromatic N) is 1. The second-order valence-corrected chi connectivity index (χ2v) is 5.91. The van der Waals surface area contributed by atoms with Gasteiger partial charge in [-0.3, -0.25) is 9.59 Å². The predicted octanol–water partition coefficient (Wildman–Crippen LogP) is 2.12. The number of hydrogen-bond donors (Lipinski definition) is 2. The van der Waals surface area contributed by atoms with Gasteiger partial charge < -0.3 is 11.1 Å². The van der Waals surface area contributed by atoms with Crippen LogP contribution in [0.2, 0.25) is 0 Å². The quantitative estimate of drug-likeness (QED) is 0.907. The Labute approximate surface area is 124 Å². The molecule has 1 aliphatic carbocycles. The van der Waals surface area contributed by atoms with Crippen LogP contribution in [-0.2, 0) is 4.79 Å². The molecule has 2 unspecified atom stereocenters. The van der Waals surface area contributed by atoms with Gasteiger partial charge in [0.15, 0.2) is 5.13 Å². The van der Waals surface area contributed by atoms with Crippen LogP contribution in [-0.4, -0.2) is 16.8 Å². The molecule has 0 spiro atoms. The summed E-state index contributed by atoms with van der Waals surface area (Å²) in [5.74, 6) is -1.03. The molecule has 3 N–H and O–H groups in total. The monoisotopic (exact) mass is 305 g/mol. The van der Waals surface area contributed by atoms with E-state index in [1.54, 1.807) is 12.1 Å². The Morgan fingerprint density at radius 1 is 1.33 bits per heavy atom. The number of nitrogens with one attached hydrogen (secondary N) is 1. The van der Waals surface area contributed by atoms with Crippen molar-refractivity contribution in [3.8, 4) is 0 Å². The molecule has 2 aromatic rings. The van der Waals surface area contributed by atoms with E-state index in [9.17, 15) is 14.0 Å². The van der Waals surface area contributed by atoms with Crippen LogP contribution in [0.25, 0.3) is 0 Å². The number of amides is 2. The number of halogens is 1. The highest BCUT2D eigenvalue weighted by molar-refractivity contribution is 7.17. The van der Waals surface area contributed by atoms with Crippen molar-refractivity contribution in [1.29, 1.82) is 0 Å². The van der Waals surface area contributed by atoms with E-state index in [2.05, 4.69) is 10.3 Å². The third-order valence-electron chi connectivity index (χ3n) is 3.40. The molecule has 1 aliphatic rings. The van der Waals surface area contributed by atoms with Gasteiger partial charge >= 0.3 is 0 Å². The predicted molar refractivity (Wildman–Crippen MR) is 76.5 cm³/mol. The minimum Gasteiger partial charge on any atom is -0.365 e. The molecule has 0 saturated heterocycles. The molecule has 21 heavy (non-hydrogen) atoms. The highest BCUT2D eigenvalue weighted by Gasteiger charge is 2.44. The third kappa shape index (κ3) is 2.92. The number of thiazole rings is 1. The zero-order valence-electron chi connectivity index (χ0n) is 10.9.